The van der Waals surface area contributed by atoms with Crippen LogP contribution in [0.5, 0.6) is 5.88 Å². The number of aromatic nitrogens is 3. The van der Waals surface area contributed by atoms with Crippen molar-refractivity contribution in [2.24, 2.45) is 0 Å². The SMILES string of the molecule is CC(Nc1ncnc2ccc(O[C@H]3CCNC3)nc12)c1cccc(Cl)c1F. The molecular formula is C19H19ClFN5O. The van der Waals surface area contributed by atoms with Crippen LogP contribution >= 0.6 is 11.6 Å². The average molecular weight is 388 g/mol. The molecule has 1 saturated heterocycles. The molecule has 3 heterocycles. The van der Waals surface area contributed by atoms with Crippen LogP contribution in [-0.4, -0.2) is 34.1 Å². The maximum absolute atomic E-state index is 14.3. The summed E-state index contributed by atoms with van der Waals surface area (Å²) in [5, 5.41) is 6.56. The maximum atomic E-state index is 14.3. The molecule has 3 aromatic rings. The minimum Gasteiger partial charge on any atom is -0.473 e. The first-order valence-corrected chi connectivity index (χ1v) is 9.19. The Morgan fingerprint density at radius 3 is 3.00 bits per heavy atom. The Morgan fingerprint density at radius 1 is 1.30 bits per heavy atom. The van der Waals surface area contributed by atoms with Gasteiger partial charge in [0.05, 0.1) is 16.6 Å². The molecule has 27 heavy (non-hydrogen) atoms. The van der Waals surface area contributed by atoms with Crippen LogP contribution in [0.1, 0.15) is 24.9 Å². The van der Waals surface area contributed by atoms with E-state index in [1.165, 1.54) is 12.4 Å². The Labute approximate surface area is 161 Å². The topological polar surface area (TPSA) is 72.0 Å². The van der Waals surface area contributed by atoms with Crippen molar-refractivity contribution in [2.75, 3.05) is 18.4 Å². The number of ether oxygens (including phenoxy) is 1. The first-order chi connectivity index (χ1) is 13.1. The summed E-state index contributed by atoms with van der Waals surface area (Å²) in [5.41, 5.74) is 1.72. The molecule has 2 atom stereocenters. The number of hydrogen-bond acceptors (Lipinski definition) is 6. The van der Waals surface area contributed by atoms with Gasteiger partial charge >= 0.3 is 0 Å². The van der Waals surface area contributed by atoms with Crippen LogP contribution in [0.15, 0.2) is 36.7 Å². The molecule has 1 unspecified atom stereocenters. The highest BCUT2D eigenvalue weighted by Crippen LogP contribution is 2.28. The van der Waals surface area contributed by atoms with E-state index in [0.29, 0.717) is 28.3 Å². The second kappa shape index (κ2) is 7.62. The highest BCUT2D eigenvalue weighted by Gasteiger charge is 2.18. The summed E-state index contributed by atoms with van der Waals surface area (Å²) in [5.74, 6) is 0.598. The molecule has 0 aliphatic carbocycles. The molecule has 140 valence electrons. The second-order valence-corrected chi connectivity index (χ2v) is 6.89. The van der Waals surface area contributed by atoms with Gasteiger partial charge in [-0.1, -0.05) is 23.7 Å². The normalized spacial score (nSPS) is 17.8. The van der Waals surface area contributed by atoms with Gasteiger partial charge in [-0.15, -0.1) is 0 Å². The van der Waals surface area contributed by atoms with Gasteiger partial charge in [-0.05, 0) is 32.0 Å². The minimum atomic E-state index is -0.441. The number of anilines is 1. The fourth-order valence-corrected chi connectivity index (χ4v) is 3.31. The van der Waals surface area contributed by atoms with Crippen LogP contribution in [0.25, 0.3) is 11.0 Å². The third-order valence-electron chi connectivity index (χ3n) is 4.56. The molecule has 0 radical (unpaired) electrons. The lowest BCUT2D eigenvalue weighted by Crippen LogP contribution is -2.20. The molecule has 0 bridgehead atoms. The molecule has 1 aromatic carbocycles. The first-order valence-electron chi connectivity index (χ1n) is 8.81. The molecule has 0 saturated carbocycles. The fraction of sp³-hybridized carbons (Fsp3) is 0.316. The number of benzene rings is 1. The Kier molecular flexibility index (Phi) is 5.05. The van der Waals surface area contributed by atoms with Gasteiger partial charge in [-0.2, -0.15) is 0 Å². The number of nitrogens with one attached hydrogen (secondary N) is 2. The van der Waals surface area contributed by atoms with Crippen molar-refractivity contribution in [3.63, 3.8) is 0 Å². The molecule has 4 rings (SSSR count). The van der Waals surface area contributed by atoms with Crippen molar-refractivity contribution in [3.05, 3.63) is 53.1 Å². The summed E-state index contributed by atoms with van der Waals surface area (Å²) >= 11 is 5.90. The lowest BCUT2D eigenvalue weighted by molar-refractivity contribution is 0.215. The minimum absolute atomic E-state index is 0.0904. The molecule has 8 heteroatoms. The number of nitrogens with zero attached hydrogens (tertiary/aromatic N) is 3. The van der Waals surface area contributed by atoms with Gasteiger partial charge in [0.1, 0.15) is 23.8 Å². The molecule has 1 aliphatic rings. The van der Waals surface area contributed by atoms with Crippen molar-refractivity contribution < 1.29 is 9.13 Å². The first kappa shape index (κ1) is 17.9. The van der Waals surface area contributed by atoms with Crippen molar-refractivity contribution in [1.29, 1.82) is 0 Å². The van der Waals surface area contributed by atoms with E-state index in [9.17, 15) is 4.39 Å². The van der Waals surface area contributed by atoms with Crippen LogP contribution in [0.3, 0.4) is 0 Å². The number of rotatable bonds is 5. The van der Waals surface area contributed by atoms with Crippen LogP contribution in [0, 0.1) is 5.82 Å². The maximum Gasteiger partial charge on any atom is 0.214 e. The molecule has 6 nitrogen and oxygen atoms in total. The van der Waals surface area contributed by atoms with Gasteiger partial charge in [-0.25, -0.2) is 19.3 Å². The quantitative estimate of drug-likeness (QED) is 0.695. The standard InChI is InChI=1S/C19H19ClFN5O/c1-11(13-3-2-4-14(20)17(13)21)25-19-18-15(23-10-24-19)5-6-16(26-18)27-12-7-8-22-9-12/h2-6,10-12,22H,7-9H2,1H3,(H,23,24,25)/t11?,12-/m0/s1. The number of pyridine rings is 1. The van der Waals surface area contributed by atoms with E-state index in [1.807, 2.05) is 13.0 Å². The third kappa shape index (κ3) is 3.79. The predicted molar refractivity (Wildman–Crippen MR) is 103 cm³/mol. The smallest absolute Gasteiger partial charge is 0.214 e. The number of fused-ring (bicyclic) bond motifs is 1. The zero-order valence-corrected chi connectivity index (χ0v) is 15.5. The number of hydrogen-bond donors (Lipinski definition) is 2. The Morgan fingerprint density at radius 2 is 2.19 bits per heavy atom. The lowest BCUT2D eigenvalue weighted by atomic mass is 10.1. The summed E-state index contributed by atoms with van der Waals surface area (Å²) in [7, 11) is 0. The highest BCUT2D eigenvalue weighted by molar-refractivity contribution is 6.30. The van der Waals surface area contributed by atoms with Gasteiger partial charge in [0.25, 0.3) is 0 Å². The van der Waals surface area contributed by atoms with Crippen molar-refractivity contribution in [1.82, 2.24) is 20.3 Å². The summed E-state index contributed by atoms with van der Waals surface area (Å²) in [6.45, 7) is 3.59. The van der Waals surface area contributed by atoms with E-state index in [4.69, 9.17) is 16.3 Å². The van der Waals surface area contributed by atoms with E-state index >= 15 is 0 Å². The van der Waals surface area contributed by atoms with E-state index in [0.717, 1.165) is 19.5 Å². The molecule has 2 N–H and O–H groups in total. The van der Waals surface area contributed by atoms with Crippen molar-refractivity contribution in [3.8, 4) is 5.88 Å². The molecule has 0 amide bonds. The van der Waals surface area contributed by atoms with Crippen LogP contribution < -0.4 is 15.4 Å². The molecule has 2 aromatic heterocycles. The average Bonchev–Trinajstić information content (AvgIpc) is 3.17. The monoisotopic (exact) mass is 387 g/mol. The summed E-state index contributed by atoms with van der Waals surface area (Å²) in [6.07, 6.45) is 2.51. The number of halogens is 2. The summed E-state index contributed by atoms with van der Waals surface area (Å²) in [4.78, 5) is 13.1. The van der Waals surface area contributed by atoms with E-state index in [-0.39, 0.29) is 17.2 Å². The van der Waals surface area contributed by atoms with E-state index in [1.54, 1.807) is 18.2 Å². The lowest BCUT2D eigenvalue weighted by Gasteiger charge is -2.17. The Bertz CT molecular complexity index is 964. The Balaban J connectivity index is 1.63. The Hall–Kier alpha value is -2.51. The zero-order chi connectivity index (χ0) is 18.8. The third-order valence-corrected chi connectivity index (χ3v) is 4.85. The van der Waals surface area contributed by atoms with E-state index in [2.05, 4.69) is 25.6 Å². The fourth-order valence-electron chi connectivity index (χ4n) is 3.13. The van der Waals surface area contributed by atoms with Crippen LogP contribution in [0.4, 0.5) is 10.2 Å². The molecular weight excluding hydrogens is 369 g/mol. The van der Waals surface area contributed by atoms with Crippen molar-refractivity contribution in [2.45, 2.75) is 25.5 Å². The van der Waals surface area contributed by atoms with E-state index < -0.39 is 5.82 Å². The molecule has 1 fully saturated rings. The zero-order valence-electron chi connectivity index (χ0n) is 14.7. The van der Waals surface area contributed by atoms with Crippen LogP contribution in [-0.2, 0) is 0 Å². The summed E-state index contributed by atoms with van der Waals surface area (Å²) in [6, 6.07) is 8.23. The van der Waals surface area contributed by atoms with Gasteiger partial charge in [0, 0.05) is 18.2 Å². The summed E-state index contributed by atoms with van der Waals surface area (Å²) < 4.78 is 20.2. The predicted octanol–water partition coefficient (Wildman–Crippen LogP) is 3.73. The van der Waals surface area contributed by atoms with Crippen molar-refractivity contribution >= 4 is 28.5 Å². The second-order valence-electron chi connectivity index (χ2n) is 6.48. The van der Waals surface area contributed by atoms with Crippen LogP contribution in [0.2, 0.25) is 5.02 Å². The van der Waals surface area contributed by atoms with Gasteiger partial charge in [-0.3, -0.25) is 0 Å². The highest BCUT2D eigenvalue weighted by atomic mass is 35.5. The van der Waals surface area contributed by atoms with Gasteiger partial charge in [0.15, 0.2) is 5.82 Å². The van der Waals surface area contributed by atoms with Gasteiger partial charge < -0.3 is 15.4 Å². The molecule has 1 aliphatic heterocycles. The van der Waals surface area contributed by atoms with Gasteiger partial charge in [0.2, 0.25) is 5.88 Å². The molecule has 0 spiro atoms. The largest absolute Gasteiger partial charge is 0.473 e.